The lowest BCUT2D eigenvalue weighted by Gasteiger charge is -2.11. The van der Waals surface area contributed by atoms with Crippen molar-refractivity contribution in [3.05, 3.63) is 29.6 Å². The first-order valence-electron chi connectivity index (χ1n) is 5.34. The molecule has 0 aliphatic heterocycles. The summed E-state index contributed by atoms with van der Waals surface area (Å²) in [4.78, 5) is 11.8. The number of ether oxygens (including phenoxy) is 1. The average molecular weight is 260 g/mol. The molecule has 0 saturated carbocycles. The van der Waals surface area contributed by atoms with Crippen LogP contribution in [0.2, 0.25) is 0 Å². The zero-order valence-electron chi connectivity index (χ0n) is 9.80. The molecule has 1 rings (SSSR count). The van der Waals surface area contributed by atoms with Gasteiger partial charge in [0.1, 0.15) is 17.1 Å². The van der Waals surface area contributed by atoms with Gasteiger partial charge >= 0.3 is 0 Å². The Labute approximate surface area is 105 Å². The Morgan fingerprint density at radius 3 is 2.88 bits per heavy atom. The van der Waals surface area contributed by atoms with Crippen molar-refractivity contribution >= 4 is 17.5 Å². The molecule has 1 aromatic rings. The molecule has 1 atom stereocenters. The SMILES string of the molecule is CCC(Cl)CNC(=O)c1c(F)cccc1OC. The third kappa shape index (κ3) is 3.60. The molecule has 5 heteroatoms. The number of amides is 1. The van der Waals surface area contributed by atoms with E-state index in [0.717, 1.165) is 6.42 Å². The highest BCUT2D eigenvalue weighted by atomic mass is 35.5. The molecule has 94 valence electrons. The van der Waals surface area contributed by atoms with Gasteiger partial charge in [-0.1, -0.05) is 13.0 Å². The molecular formula is C12H15ClFNO2. The lowest BCUT2D eigenvalue weighted by molar-refractivity contribution is 0.0946. The van der Waals surface area contributed by atoms with Crippen LogP contribution < -0.4 is 10.1 Å². The highest BCUT2D eigenvalue weighted by Gasteiger charge is 2.17. The standard InChI is InChI=1S/C12H15ClFNO2/c1-3-8(13)7-15-12(16)11-9(14)5-4-6-10(11)17-2/h4-6,8H,3,7H2,1-2H3,(H,15,16). The number of halogens is 2. The number of benzene rings is 1. The van der Waals surface area contributed by atoms with Crippen LogP contribution in [0.1, 0.15) is 23.7 Å². The van der Waals surface area contributed by atoms with Crippen LogP contribution in [0.5, 0.6) is 5.75 Å². The second-order valence-electron chi connectivity index (χ2n) is 3.53. The van der Waals surface area contributed by atoms with Gasteiger partial charge in [-0.05, 0) is 18.6 Å². The van der Waals surface area contributed by atoms with E-state index in [-0.39, 0.29) is 16.7 Å². The lowest BCUT2D eigenvalue weighted by Crippen LogP contribution is -2.30. The van der Waals surface area contributed by atoms with Crippen LogP contribution in [-0.2, 0) is 0 Å². The summed E-state index contributed by atoms with van der Waals surface area (Å²) in [6.45, 7) is 2.21. The van der Waals surface area contributed by atoms with Crippen LogP contribution in [0.4, 0.5) is 4.39 Å². The maximum Gasteiger partial charge on any atom is 0.258 e. The summed E-state index contributed by atoms with van der Waals surface area (Å²) < 4.78 is 18.5. The molecule has 17 heavy (non-hydrogen) atoms. The van der Waals surface area contributed by atoms with E-state index in [4.69, 9.17) is 16.3 Å². The fourth-order valence-corrected chi connectivity index (χ4v) is 1.41. The molecule has 0 saturated heterocycles. The molecule has 1 amide bonds. The average Bonchev–Trinajstić information content (AvgIpc) is 2.34. The Morgan fingerprint density at radius 1 is 1.59 bits per heavy atom. The summed E-state index contributed by atoms with van der Waals surface area (Å²) >= 11 is 5.87. The van der Waals surface area contributed by atoms with Gasteiger partial charge in [0.05, 0.1) is 12.5 Å². The number of methoxy groups -OCH3 is 1. The predicted octanol–water partition coefficient (Wildman–Crippen LogP) is 2.58. The van der Waals surface area contributed by atoms with E-state index in [1.807, 2.05) is 6.92 Å². The number of hydrogen-bond acceptors (Lipinski definition) is 2. The first-order valence-corrected chi connectivity index (χ1v) is 5.78. The Hall–Kier alpha value is -1.29. The van der Waals surface area contributed by atoms with Gasteiger partial charge in [0.25, 0.3) is 5.91 Å². The molecule has 3 nitrogen and oxygen atoms in total. The molecule has 0 spiro atoms. The Bertz CT molecular complexity index is 398. The molecule has 0 fully saturated rings. The molecule has 1 aromatic carbocycles. The van der Waals surface area contributed by atoms with Crippen molar-refractivity contribution in [1.82, 2.24) is 5.32 Å². The fraction of sp³-hybridized carbons (Fsp3) is 0.417. The number of carbonyl (C=O) groups is 1. The molecule has 0 bridgehead atoms. The molecule has 1 unspecified atom stereocenters. The van der Waals surface area contributed by atoms with Crippen LogP contribution in [0.15, 0.2) is 18.2 Å². The number of rotatable bonds is 5. The summed E-state index contributed by atoms with van der Waals surface area (Å²) in [5, 5.41) is 2.42. The maximum atomic E-state index is 13.5. The molecule has 0 heterocycles. The van der Waals surface area contributed by atoms with Crippen LogP contribution in [0.25, 0.3) is 0 Å². The van der Waals surface area contributed by atoms with Crippen LogP contribution in [-0.4, -0.2) is 24.9 Å². The number of carbonyl (C=O) groups excluding carboxylic acids is 1. The Balaban J connectivity index is 2.81. The largest absolute Gasteiger partial charge is 0.496 e. The van der Waals surface area contributed by atoms with E-state index in [1.54, 1.807) is 0 Å². The second-order valence-corrected chi connectivity index (χ2v) is 4.15. The minimum Gasteiger partial charge on any atom is -0.496 e. The Morgan fingerprint density at radius 2 is 2.29 bits per heavy atom. The summed E-state index contributed by atoms with van der Waals surface area (Å²) in [6.07, 6.45) is 0.732. The molecule has 1 N–H and O–H groups in total. The van der Waals surface area contributed by atoms with Crippen LogP contribution in [0.3, 0.4) is 0 Å². The van der Waals surface area contributed by atoms with Gasteiger partial charge in [0, 0.05) is 6.54 Å². The zero-order valence-corrected chi connectivity index (χ0v) is 10.6. The van der Waals surface area contributed by atoms with Crippen molar-refractivity contribution in [2.24, 2.45) is 0 Å². The minimum absolute atomic E-state index is 0.0880. The molecule has 0 aliphatic rings. The quantitative estimate of drug-likeness (QED) is 0.826. The monoisotopic (exact) mass is 259 g/mol. The summed E-state index contributed by atoms with van der Waals surface area (Å²) in [7, 11) is 1.39. The van der Waals surface area contributed by atoms with Crippen molar-refractivity contribution in [3.63, 3.8) is 0 Å². The van der Waals surface area contributed by atoms with Crippen molar-refractivity contribution < 1.29 is 13.9 Å². The summed E-state index contributed by atoms with van der Waals surface area (Å²) in [5.41, 5.74) is -0.0880. The number of hydrogen-bond donors (Lipinski definition) is 1. The maximum absolute atomic E-state index is 13.5. The zero-order chi connectivity index (χ0) is 12.8. The van der Waals surface area contributed by atoms with Gasteiger partial charge in [-0.25, -0.2) is 4.39 Å². The topological polar surface area (TPSA) is 38.3 Å². The normalized spacial score (nSPS) is 12.0. The number of alkyl halides is 1. The Kier molecular flexibility index (Phi) is 5.22. The van der Waals surface area contributed by atoms with Gasteiger partial charge < -0.3 is 10.1 Å². The third-order valence-electron chi connectivity index (χ3n) is 2.35. The molecule has 0 aromatic heterocycles. The van der Waals surface area contributed by atoms with E-state index in [0.29, 0.717) is 6.54 Å². The first kappa shape index (κ1) is 13.8. The molecular weight excluding hydrogens is 245 g/mol. The summed E-state index contributed by atoms with van der Waals surface area (Å²) in [6, 6.07) is 4.24. The second kappa shape index (κ2) is 6.45. The van der Waals surface area contributed by atoms with E-state index < -0.39 is 11.7 Å². The van der Waals surface area contributed by atoms with Crippen molar-refractivity contribution in [3.8, 4) is 5.75 Å². The fourth-order valence-electron chi connectivity index (χ4n) is 1.33. The van der Waals surface area contributed by atoms with Crippen LogP contribution in [0, 0.1) is 5.82 Å². The molecule has 0 aliphatic carbocycles. The minimum atomic E-state index is -0.607. The highest BCUT2D eigenvalue weighted by molar-refractivity contribution is 6.20. The van der Waals surface area contributed by atoms with E-state index in [1.165, 1.54) is 25.3 Å². The van der Waals surface area contributed by atoms with E-state index in [2.05, 4.69) is 5.32 Å². The van der Waals surface area contributed by atoms with E-state index >= 15 is 0 Å². The lowest BCUT2D eigenvalue weighted by atomic mass is 10.1. The smallest absolute Gasteiger partial charge is 0.258 e. The van der Waals surface area contributed by atoms with E-state index in [9.17, 15) is 9.18 Å². The van der Waals surface area contributed by atoms with Gasteiger partial charge in [0.2, 0.25) is 0 Å². The molecule has 0 radical (unpaired) electrons. The van der Waals surface area contributed by atoms with Gasteiger partial charge in [-0.2, -0.15) is 0 Å². The van der Waals surface area contributed by atoms with Gasteiger partial charge in [-0.15, -0.1) is 11.6 Å². The van der Waals surface area contributed by atoms with Crippen molar-refractivity contribution in [2.45, 2.75) is 18.7 Å². The predicted molar refractivity (Wildman–Crippen MR) is 65.2 cm³/mol. The van der Waals surface area contributed by atoms with Crippen molar-refractivity contribution in [1.29, 1.82) is 0 Å². The van der Waals surface area contributed by atoms with Crippen LogP contribution >= 0.6 is 11.6 Å². The van der Waals surface area contributed by atoms with Gasteiger partial charge in [-0.3, -0.25) is 4.79 Å². The van der Waals surface area contributed by atoms with Gasteiger partial charge in [0.15, 0.2) is 0 Å². The highest BCUT2D eigenvalue weighted by Crippen LogP contribution is 2.20. The van der Waals surface area contributed by atoms with Crippen molar-refractivity contribution in [2.75, 3.05) is 13.7 Å². The first-order chi connectivity index (χ1) is 8.10. The third-order valence-corrected chi connectivity index (χ3v) is 2.81. The number of nitrogens with one attached hydrogen (secondary N) is 1. The summed E-state index contributed by atoms with van der Waals surface area (Å²) in [5.74, 6) is -0.909.